The summed E-state index contributed by atoms with van der Waals surface area (Å²) in [5.41, 5.74) is 1.11. The molecule has 0 saturated heterocycles. The summed E-state index contributed by atoms with van der Waals surface area (Å²) in [6.45, 7) is 4.70. The van der Waals surface area contributed by atoms with Gasteiger partial charge in [-0.2, -0.15) is 0 Å². The number of nitrogens with one attached hydrogen (secondary N) is 2. The van der Waals surface area contributed by atoms with E-state index < -0.39 is 0 Å². The Balaban J connectivity index is 0.00000338. The molecule has 1 aromatic heterocycles. The fourth-order valence-corrected chi connectivity index (χ4v) is 3.63. The van der Waals surface area contributed by atoms with Crippen molar-refractivity contribution < 1.29 is 0 Å². The maximum atomic E-state index is 4.87. The van der Waals surface area contributed by atoms with Crippen LogP contribution in [0.1, 0.15) is 44.7 Å². The van der Waals surface area contributed by atoms with Crippen LogP contribution in [0.2, 0.25) is 0 Å². The summed E-state index contributed by atoms with van der Waals surface area (Å²) in [4.78, 5) is 11.6. The summed E-state index contributed by atoms with van der Waals surface area (Å²) < 4.78 is 0. The van der Waals surface area contributed by atoms with Gasteiger partial charge in [-0.3, -0.25) is 9.98 Å². The zero-order valence-electron chi connectivity index (χ0n) is 16.6. The molecule has 0 amide bonds. The van der Waals surface area contributed by atoms with Crippen LogP contribution in [0.5, 0.6) is 0 Å². The highest BCUT2D eigenvalue weighted by atomic mass is 127. The van der Waals surface area contributed by atoms with Crippen LogP contribution in [0.25, 0.3) is 0 Å². The summed E-state index contributed by atoms with van der Waals surface area (Å²) in [6.07, 6.45) is 9.61. The van der Waals surface area contributed by atoms with Gasteiger partial charge in [0.05, 0.1) is 6.54 Å². The second-order valence-corrected chi connectivity index (χ2v) is 7.15. The van der Waals surface area contributed by atoms with Crippen LogP contribution in [0.4, 0.5) is 0 Å². The summed E-state index contributed by atoms with van der Waals surface area (Å²) in [6, 6.07) is 6.59. The Bertz CT molecular complexity index is 500. The van der Waals surface area contributed by atoms with E-state index in [-0.39, 0.29) is 24.0 Å². The third-order valence-electron chi connectivity index (χ3n) is 5.04. The maximum absolute atomic E-state index is 4.87. The zero-order chi connectivity index (χ0) is 17.9. The summed E-state index contributed by atoms with van der Waals surface area (Å²) >= 11 is 0. The van der Waals surface area contributed by atoms with E-state index in [1.165, 1.54) is 32.1 Å². The van der Waals surface area contributed by atoms with Crippen molar-refractivity contribution in [1.29, 1.82) is 0 Å². The Labute approximate surface area is 176 Å². The Kier molecular flexibility index (Phi) is 11.8. The molecular formula is C20H36IN5. The van der Waals surface area contributed by atoms with Gasteiger partial charge >= 0.3 is 0 Å². The molecule has 2 N–H and O–H groups in total. The van der Waals surface area contributed by atoms with Crippen molar-refractivity contribution in [3.05, 3.63) is 30.1 Å². The van der Waals surface area contributed by atoms with Crippen LogP contribution in [-0.2, 0) is 6.42 Å². The van der Waals surface area contributed by atoms with Gasteiger partial charge in [-0.25, -0.2) is 0 Å². The largest absolute Gasteiger partial charge is 0.357 e. The van der Waals surface area contributed by atoms with Crippen LogP contribution in [0.3, 0.4) is 0 Å². The van der Waals surface area contributed by atoms with Crippen molar-refractivity contribution in [3.63, 3.8) is 0 Å². The third-order valence-corrected chi connectivity index (χ3v) is 5.04. The molecule has 0 aliphatic heterocycles. The molecule has 0 bridgehead atoms. The number of nitrogens with zero attached hydrogens (tertiary/aromatic N) is 3. The van der Waals surface area contributed by atoms with E-state index >= 15 is 0 Å². The van der Waals surface area contributed by atoms with E-state index in [2.05, 4.69) is 47.6 Å². The van der Waals surface area contributed by atoms with Crippen LogP contribution < -0.4 is 10.6 Å². The zero-order valence-corrected chi connectivity index (χ0v) is 18.9. The highest BCUT2D eigenvalue weighted by Gasteiger charge is 2.25. The molecule has 2 rings (SSSR count). The van der Waals surface area contributed by atoms with E-state index in [1.54, 1.807) is 0 Å². The molecule has 0 spiro atoms. The molecule has 0 radical (unpaired) electrons. The van der Waals surface area contributed by atoms with E-state index in [9.17, 15) is 0 Å². The van der Waals surface area contributed by atoms with Crippen molar-refractivity contribution in [1.82, 2.24) is 20.5 Å². The molecule has 1 aliphatic carbocycles. The molecule has 6 heteroatoms. The third kappa shape index (κ3) is 8.20. The smallest absolute Gasteiger partial charge is 0.191 e. The lowest BCUT2D eigenvalue weighted by atomic mass is 9.83. The van der Waals surface area contributed by atoms with E-state index in [4.69, 9.17) is 4.99 Å². The van der Waals surface area contributed by atoms with E-state index in [0.717, 1.165) is 43.6 Å². The number of hydrogen-bond acceptors (Lipinski definition) is 3. The number of rotatable bonds is 8. The molecule has 1 unspecified atom stereocenters. The number of halogens is 1. The standard InChI is InChI=1S/C20H35N5.HI/c1-4-21-20(23-15-13-18-12-8-9-14-22-18)24-16-19(25(2)3)17-10-6-5-7-11-17;/h8-9,12,14,17,19H,4-7,10-11,13,15-16H2,1-3H3,(H2,21,23,24);1H. The first kappa shape index (κ1) is 23.1. The van der Waals surface area contributed by atoms with Gasteiger partial charge in [0, 0.05) is 37.4 Å². The number of guanidine groups is 1. The van der Waals surface area contributed by atoms with Gasteiger partial charge in [0.25, 0.3) is 0 Å². The van der Waals surface area contributed by atoms with Crippen molar-refractivity contribution in [3.8, 4) is 0 Å². The fraction of sp³-hybridized carbons (Fsp3) is 0.700. The molecule has 148 valence electrons. The molecule has 1 saturated carbocycles. The van der Waals surface area contributed by atoms with Gasteiger partial charge in [0.2, 0.25) is 0 Å². The second-order valence-electron chi connectivity index (χ2n) is 7.15. The lowest BCUT2D eigenvalue weighted by Gasteiger charge is -2.34. The molecule has 26 heavy (non-hydrogen) atoms. The predicted octanol–water partition coefficient (Wildman–Crippen LogP) is 3.31. The van der Waals surface area contributed by atoms with Gasteiger partial charge in [-0.1, -0.05) is 25.3 Å². The van der Waals surface area contributed by atoms with Crippen LogP contribution >= 0.6 is 24.0 Å². The van der Waals surface area contributed by atoms with Crippen LogP contribution in [0, 0.1) is 5.92 Å². The number of pyridine rings is 1. The van der Waals surface area contributed by atoms with E-state index in [1.807, 2.05) is 18.3 Å². The van der Waals surface area contributed by atoms with Crippen molar-refractivity contribution in [2.24, 2.45) is 10.9 Å². The first-order valence-electron chi connectivity index (χ1n) is 9.79. The minimum Gasteiger partial charge on any atom is -0.357 e. The molecule has 5 nitrogen and oxygen atoms in total. The SMILES string of the molecule is CCNC(=NCC(C1CCCCC1)N(C)C)NCCc1ccccn1.I. The Morgan fingerprint density at radius 3 is 2.62 bits per heavy atom. The highest BCUT2D eigenvalue weighted by molar-refractivity contribution is 14.0. The molecular weight excluding hydrogens is 437 g/mol. The quantitative estimate of drug-likeness (QED) is 0.346. The van der Waals surface area contributed by atoms with Crippen molar-refractivity contribution in [2.75, 3.05) is 33.7 Å². The van der Waals surface area contributed by atoms with Crippen molar-refractivity contribution in [2.45, 2.75) is 51.5 Å². The lowest BCUT2D eigenvalue weighted by molar-refractivity contribution is 0.176. The molecule has 1 aromatic rings. The molecule has 1 fully saturated rings. The number of likely N-dealkylation sites (N-methyl/N-ethyl adjacent to an activating group) is 1. The first-order chi connectivity index (χ1) is 12.2. The lowest BCUT2D eigenvalue weighted by Crippen LogP contribution is -2.42. The van der Waals surface area contributed by atoms with Crippen LogP contribution in [0.15, 0.2) is 29.4 Å². The summed E-state index contributed by atoms with van der Waals surface area (Å²) in [5.74, 6) is 1.70. The summed E-state index contributed by atoms with van der Waals surface area (Å²) in [5, 5.41) is 6.81. The predicted molar refractivity (Wildman–Crippen MR) is 121 cm³/mol. The normalized spacial score (nSPS) is 16.8. The van der Waals surface area contributed by atoms with Gasteiger partial charge < -0.3 is 15.5 Å². The van der Waals surface area contributed by atoms with Crippen LogP contribution in [-0.4, -0.2) is 55.6 Å². The highest BCUT2D eigenvalue weighted by Crippen LogP contribution is 2.28. The number of hydrogen-bond donors (Lipinski definition) is 2. The average Bonchev–Trinajstić information content (AvgIpc) is 2.63. The minimum absolute atomic E-state index is 0. The topological polar surface area (TPSA) is 52.6 Å². The number of aliphatic imine (C=N–C) groups is 1. The van der Waals surface area contributed by atoms with Gasteiger partial charge in [0.1, 0.15) is 0 Å². The van der Waals surface area contributed by atoms with Crippen molar-refractivity contribution >= 4 is 29.9 Å². The summed E-state index contributed by atoms with van der Waals surface area (Å²) in [7, 11) is 4.38. The Morgan fingerprint density at radius 2 is 2.00 bits per heavy atom. The molecule has 1 aliphatic rings. The molecule has 0 aromatic carbocycles. The monoisotopic (exact) mass is 473 g/mol. The minimum atomic E-state index is 0. The van der Waals surface area contributed by atoms with E-state index in [0.29, 0.717) is 6.04 Å². The Hall–Kier alpha value is -0.890. The van der Waals surface area contributed by atoms with Gasteiger partial charge in [0.15, 0.2) is 5.96 Å². The maximum Gasteiger partial charge on any atom is 0.191 e. The molecule has 1 atom stereocenters. The Morgan fingerprint density at radius 1 is 1.23 bits per heavy atom. The van der Waals surface area contributed by atoms with Gasteiger partial charge in [-0.05, 0) is 51.9 Å². The fourth-order valence-electron chi connectivity index (χ4n) is 3.63. The molecule has 1 heterocycles. The average molecular weight is 473 g/mol. The second kappa shape index (κ2) is 13.3. The first-order valence-corrected chi connectivity index (χ1v) is 9.79. The van der Waals surface area contributed by atoms with Gasteiger partial charge in [-0.15, -0.1) is 24.0 Å². The number of aromatic nitrogens is 1.